The van der Waals surface area contributed by atoms with Crippen LogP contribution in [0.3, 0.4) is 0 Å². The molecule has 0 aromatic carbocycles. The summed E-state index contributed by atoms with van der Waals surface area (Å²) in [7, 11) is 0. The molecule has 2 saturated heterocycles. The third-order valence-corrected chi connectivity index (χ3v) is 5.55. The van der Waals surface area contributed by atoms with E-state index in [0.29, 0.717) is 6.42 Å². The van der Waals surface area contributed by atoms with Crippen LogP contribution in [0.4, 0.5) is 0 Å². The van der Waals surface area contributed by atoms with E-state index in [4.69, 9.17) is 14.2 Å². The summed E-state index contributed by atoms with van der Waals surface area (Å²) in [6.07, 6.45) is -10.7. The first-order valence-electron chi connectivity index (χ1n) is 10.0. The summed E-state index contributed by atoms with van der Waals surface area (Å²) in [6, 6.07) is 0. The van der Waals surface area contributed by atoms with E-state index in [2.05, 4.69) is 0 Å². The van der Waals surface area contributed by atoms with Crippen molar-refractivity contribution in [3.63, 3.8) is 0 Å². The average Bonchev–Trinajstić information content (AvgIpc) is 2.71. The van der Waals surface area contributed by atoms with Gasteiger partial charge in [0.05, 0.1) is 13.2 Å². The molecular formula is C18H34O11. The summed E-state index contributed by atoms with van der Waals surface area (Å²) in [6.45, 7) is 0.675. The number of rotatable bonds is 9. The number of hydrogen-bond acceptors (Lipinski definition) is 11. The lowest BCUT2D eigenvalue weighted by molar-refractivity contribution is -0.384. The molecule has 0 aromatic rings. The lowest BCUT2D eigenvalue weighted by atomic mass is 9.89. The van der Waals surface area contributed by atoms with Crippen molar-refractivity contribution < 1.29 is 55.1 Å². The SMILES string of the molecule is CCCCCCC1(O)O[C@H](CO)[C@@H](O[C@@H]2O[C@H](CO)[C@H](O)[C@H](O)[C@H]2O)[C@H](O)[C@H]1O. The van der Waals surface area contributed by atoms with E-state index >= 15 is 0 Å². The molecule has 0 aromatic heterocycles. The second kappa shape index (κ2) is 10.7. The second-order valence-electron chi connectivity index (χ2n) is 7.73. The van der Waals surface area contributed by atoms with Crippen LogP contribution in [-0.4, -0.2) is 115 Å². The van der Waals surface area contributed by atoms with Crippen LogP contribution >= 0.6 is 0 Å². The molecule has 2 fully saturated rings. The van der Waals surface area contributed by atoms with Gasteiger partial charge in [0.2, 0.25) is 0 Å². The Balaban J connectivity index is 2.09. The Bertz CT molecular complexity index is 490. The van der Waals surface area contributed by atoms with Gasteiger partial charge < -0.3 is 55.1 Å². The summed E-state index contributed by atoms with van der Waals surface area (Å²) in [5, 5.41) is 80.3. The van der Waals surface area contributed by atoms with Crippen LogP contribution in [0.2, 0.25) is 0 Å². The molecule has 1 unspecified atom stereocenters. The van der Waals surface area contributed by atoms with Crippen LogP contribution in [0.25, 0.3) is 0 Å². The van der Waals surface area contributed by atoms with Gasteiger partial charge in [0.1, 0.15) is 48.8 Å². The average molecular weight is 426 g/mol. The quantitative estimate of drug-likeness (QED) is 0.175. The highest BCUT2D eigenvalue weighted by atomic mass is 16.7. The van der Waals surface area contributed by atoms with Crippen molar-refractivity contribution in [2.45, 2.75) is 99.9 Å². The molecule has 0 spiro atoms. The molecule has 0 bridgehead atoms. The van der Waals surface area contributed by atoms with E-state index in [1.807, 2.05) is 6.92 Å². The summed E-state index contributed by atoms with van der Waals surface area (Å²) in [5.41, 5.74) is 0. The zero-order valence-electron chi connectivity index (χ0n) is 16.4. The normalized spacial score (nSPS) is 46.0. The van der Waals surface area contributed by atoms with Crippen molar-refractivity contribution in [2.75, 3.05) is 13.2 Å². The summed E-state index contributed by atoms with van der Waals surface area (Å²) < 4.78 is 16.1. The molecule has 0 saturated carbocycles. The van der Waals surface area contributed by atoms with Crippen LogP contribution in [0.1, 0.15) is 39.0 Å². The van der Waals surface area contributed by atoms with Gasteiger partial charge in [-0.25, -0.2) is 0 Å². The highest BCUT2D eigenvalue weighted by Crippen LogP contribution is 2.35. The first kappa shape index (κ1) is 24.8. The van der Waals surface area contributed by atoms with E-state index in [0.717, 1.165) is 19.3 Å². The van der Waals surface area contributed by atoms with E-state index in [-0.39, 0.29) is 6.42 Å². The molecule has 8 N–H and O–H groups in total. The van der Waals surface area contributed by atoms with Gasteiger partial charge in [-0.1, -0.05) is 26.2 Å². The summed E-state index contributed by atoms with van der Waals surface area (Å²) in [5.74, 6) is -2.09. The molecule has 172 valence electrons. The second-order valence-corrected chi connectivity index (χ2v) is 7.73. The summed E-state index contributed by atoms with van der Waals surface area (Å²) >= 11 is 0. The Morgan fingerprint density at radius 1 is 0.828 bits per heavy atom. The minimum Gasteiger partial charge on any atom is -0.394 e. The lowest BCUT2D eigenvalue weighted by Crippen LogP contribution is -2.68. The van der Waals surface area contributed by atoms with Crippen LogP contribution in [-0.2, 0) is 14.2 Å². The predicted octanol–water partition coefficient (Wildman–Crippen LogP) is -3.06. The molecule has 10 atom stereocenters. The van der Waals surface area contributed by atoms with E-state index in [1.165, 1.54) is 0 Å². The van der Waals surface area contributed by atoms with Crippen molar-refractivity contribution in [2.24, 2.45) is 0 Å². The van der Waals surface area contributed by atoms with Crippen molar-refractivity contribution in [3.05, 3.63) is 0 Å². The molecule has 2 rings (SSSR count). The molecule has 0 aliphatic carbocycles. The molecular weight excluding hydrogens is 392 g/mol. The fraction of sp³-hybridized carbons (Fsp3) is 1.00. The first-order chi connectivity index (χ1) is 13.7. The Hall–Kier alpha value is -0.440. The lowest BCUT2D eigenvalue weighted by Gasteiger charge is -2.49. The van der Waals surface area contributed by atoms with Crippen molar-refractivity contribution in [3.8, 4) is 0 Å². The van der Waals surface area contributed by atoms with Gasteiger partial charge in [-0.05, 0) is 6.42 Å². The van der Waals surface area contributed by atoms with Gasteiger partial charge in [0.25, 0.3) is 0 Å². The minimum atomic E-state index is -2.09. The monoisotopic (exact) mass is 426 g/mol. The zero-order valence-corrected chi connectivity index (χ0v) is 16.4. The number of aliphatic hydroxyl groups excluding tert-OH is 7. The zero-order chi connectivity index (χ0) is 21.8. The third kappa shape index (κ3) is 5.43. The van der Waals surface area contributed by atoms with E-state index in [1.54, 1.807) is 0 Å². The number of aliphatic hydroxyl groups is 8. The van der Waals surface area contributed by atoms with Crippen LogP contribution in [0, 0.1) is 0 Å². The topological polar surface area (TPSA) is 190 Å². The number of unbranched alkanes of at least 4 members (excludes halogenated alkanes) is 3. The molecule has 2 aliphatic heterocycles. The Morgan fingerprint density at radius 3 is 2.07 bits per heavy atom. The standard InChI is InChI=1S/C18H34O11/c1-2-3-4-5-6-18(26)16(25)14(24)15(10(8-20)29-18)28-17-13(23)12(22)11(21)9(7-19)27-17/h9-17,19-26H,2-8H2,1H3/t9-,10-,11+,12+,13-,14+,15-,16-,17+,18?/m1/s1. The molecule has 0 amide bonds. The van der Waals surface area contributed by atoms with Gasteiger partial charge in [0, 0.05) is 6.42 Å². The minimum absolute atomic E-state index is 0.0362. The highest BCUT2D eigenvalue weighted by Gasteiger charge is 2.55. The van der Waals surface area contributed by atoms with Crippen molar-refractivity contribution in [1.29, 1.82) is 0 Å². The first-order valence-corrected chi connectivity index (χ1v) is 10.0. The van der Waals surface area contributed by atoms with Gasteiger partial charge >= 0.3 is 0 Å². The van der Waals surface area contributed by atoms with Crippen molar-refractivity contribution in [1.82, 2.24) is 0 Å². The Kier molecular flexibility index (Phi) is 9.19. The predicted molar refractivity (Wildman–Crippen MR) is 96.3 cm³/mol. The largest absolute Gasteiger partial charge is 0.394 e. The van der Waals surface area contributed by atoms with Gasteiger partial charge in [-0.3, -0.25) is 0 Å². The Labute approximate surface area is 169 Å². The highest BCUT2D eigenvalue weighted by molar-refractivity contribution is 4.98. The molecule has 11 heteroatoms. The molecule has 0 radical (unpaired) electrons. The van der Waals surface area contributed by atoms with Crippen LogP contribution in [0.15, 0.2) is 0 Å². The maximum Gasteiger partial charge on any atom is 0.195 e. The molecule has 2 aliphatic rings. The van der Waals surface area contributed by atoms with Crippen LogP contribution in [0.5, 0.6) is 0 Å². The van der Waals surface area contributed by atoms with Gasteiger partial charge in [0.15, 0.2) is 12.1 Å². The van der Waals surface area contributed by atoms with Gasteiger partial charge in [-0.15, -0.1) is 0 Å². The van der Waals surface area contributed by atoms with E-state index in [9.17, 15) is 40.9 Å². The molecule has 11 nitrogen and oxygen atoms in total. The number of hydrogen-bond donors (Lipinski definition) is 8. The smallest absolute Gasteiger partial charge is 0.195 e. The summed E-state index contributed by atoms with van der Waals surface area (Å²) in [4.78, 5) is 0. The van der Waals surface area contributed by atoms with Crippen LogP contribution < -0.4 is 0 Å². The molecule has 29 heavy (non-hydrogen) atoms. The van der Waals surface area contributed by atoms with Crippen molar-refractivity contribution >= 4 is 0 Å². The van der Waals surface area contributed by atoms with Gasteiger partial charge in [-0.2, -0.15) is 0 Å². The molecule has 2 heterocycles. The Morgan fingerprint density at radius 2 is 1.48 bits per heavy atom. The fourth-order valence-electron chi connectivity index (χ4n) is 3.72. The third-order valence-electron chi connectivity index (χ3n) is 5.55. The fourth-order valence-corrected chi connectivity index (χ4v) is 3.72. The maximum absolute atomic E-state index is 10.7. The maximum atomic E-state index is 10.7. The number of ether oxygens (including phenoxy) is 3. The van der Waals surface area contributed by atoms with E-state index < -0.39 is 74.1 Å².